The number of rotatable bonds is 12. The number of hydrogen-bond donors (Lipinski definition) is 0. The zero-order valence-electron chi connectivity index (χ0n) is 21.0. The molecule has 3 aliphatic carbocycles. The Balaban J connectivity index is 1.21. The molecule has 0 aromatic carbocycles. The first-order chi connectivity index (χ1) is 14.8. The molecule has 0 amide bonds. The molecule has 176 valence electrons. The highest BCUT2D eigenvalue weighted by molar-refractivity contribution is 4.83. The van der Waals surface area contributed by atoms with Gasteiger partial charge in [-0.1, -0.05) is 129 Å². The summed E-state index contributed by atoms with van der Waals surface area (Å²) in [5, 5.41) is 0. The first kappa shape index (κ1) is 24.6. The molecule has 0 atom stereocenters. The average molecular weight is 417 g/mol. The number of unbranched alkanes of at least 4 members (excludes halogenated alkanes) is 4. The molecule has 0 aromatic heterocycles. The number of hydrogen-bond acceptors (Lipinski definition) is 0. The van der Waals surface area contributed by atoms with Gasteiger partial charge in [-0.25, -0.2) is 0 Å². The monoisotopic (exact) mass is 416 g/mol. The Morgan fingerprint density at radius 3 is 1.23 bits per heavy atom. The van der Waals surface area contributed by atoms with Gasteiger partial charge in [0.2, 0.25) is 0 Å². The van der Waals surface area contributed by atoms with Crippen LogP contribution in [0.3, 0.4) is 0 Å². The maximum atomic E-state index is 2.37. The van der Waals surface area contributed by atoms with Gasteiger partial charge in [0.1, 0.15) is 0 Å². The summed E-state index contributed by atoms with van der Waals surface area (Å²) in [5.41, 5.74) is 0. The van der Waals surface area contributed by atoms with Crippen molar-refractivity contribution in [3.63, 3.8) is 0 Å². The molecule has 3 saturated carbocycles. The van der Waals surface area contributed by atoms with Crippen LogP contribution in [0.2, 0.25) is 0 Å². The van der Waals surface area contributed by atoms with Crippen LogP contribution in [0.1, 0.15) is 155 Å². The molecule has 0 spiro atoms. The fourth-order valence-electron chi connectivity index (χ4n) is 7.62. The van der Waals surface area contributed by atoms with Crippen LogP contribution in [0.25, 0.3) is 0 Å². The summed E-state index contributed by atoms with van der Waals surface area (Å²) in [6.07, 6.45) is 33.7. The van der Waals surface area contributed by atoms with Crippen molar-refractivity contribution in [2.45, 2.75) is 155 Å². The van der Waals surface area contributed by atoms with E-state index >= 15 is 0 Å². The molecule has 0 nitrogen and oxygen atoms in total. The lowest BCUT2D eigenvalue weighted by Gasteiger charge is -2.38. The highest BCUT2D eigenvalue weighted by atomic mass is 14.4. The van der Waals surface area contributed by atoms with E-state index in [1.165, 1.54) is 44.9 Å². The van der Waals surface area contributed by atoms with Gasteiger partial charge in [-0.15, -0.1) is 0 Å². The maximum absolute atomic E-state index is 2.37. The van der Waals surface area contributed by atoms with Gasteiger partial charge < -0.3 is 0 Å². The van der Waals surface area contributed by atoms with Crippen LogP contribution in [0, 0.1) is 35.5 Å². The topological polar surface area (TPSA) is 0 Å². The lowest BCUT2D eigenvalue weighted by atomic mass is 9.68. The average Bonchev–Trinajstić information content (AvgIpc) is 2.79. The summed E-state index contributed by atoms with van der Waals surface area (Å²) in [5.74, 6) is 6.57. The quantitative estimate of drug-likeness (QED) is 0.277. The first-order valence-corrected chi connectivity index (χ1v) is 14.8. The maximum Gasteiger partial charge on any atom is -0.0386 e. The van der Waals surface area contributed by atoms with Gasteiger partial charge in [0, 0.05) is 0 Å². The van der Waals surface area contributed by atoms with E-state index in [1.807, 2.05) is 0 Å². The molecule has 30 heavy (non-hydrogen) atoms. The van der Waals surface area contributed by atoms with Crippen LogP contribution in [-0.2, 0) is 0 Å². The molecule has 3 fully saturated rings. The van der Waals surface area contributed by atoms with Crippen molar-refractivity contribution in [1.29, 1.82) is 0 Å². The molecule has 0 radical (unpaired) electrons. The smallest absolute Gasteiger partial charge is 0.0386 e. The second kappa shape index (κ2) is 14.2. The van der Waals surface area contributed by atoms with Crippen LogP contribution in [0.5, 0.6) is 0 Å². The second-order valence-electron chi connectivity index (χ2n) is 12.0. The van der Waals surface area contributed by atoms with Crippen LogP contribution in [0.15, 0.2) is 0 Å². The zero-order chi connectivity index (χ0) is 21.0. The van der Waals surface area contributed by atoms with Gasteiger partial charge in [-0.2, -0.15) is 0 Å². The fraction of sp³-hybridized carbons (Fsp3) is 1.00. The Morgan fingerprint density at radius 1 is 0.367 bits per heavy atom. The largest absolute Gasteiger partial charge is 0.0654 e. The third-order valence-corrected chi connectivity index (χ3v) is 9.81. The minimum absolute atomic E-state index is 1.08. The van der Waals surface area contributed by atoms with Crippen molar-refractivity contribution >= 4 is 0 Å². The minimum atomic E-state index is 1.08. The van der Waals surface area contributed by atoms with Crippen LogP contribution in [0.4, 0.5) is 0 Å². The SMILES string of the molecule is CCCCCCCC1CCC(CCC2CCC(C3CCC(CCC)CC3)CC2)CC1. The summed E-state index contributed by atoms with van der Waals surface area (Å²) in [6.45, 7) is 4.70. The molecular weight excluding hydrogens is 360 g/mol. The molecule has 3 aliphatic rings. The van der Waals surface area contributed by atoms with Gasteiger partial charge in [0.25, 0.3) is 0 Å². The summed E-state index contributed by atoms with van der Waals surface area (Å²) in [4.78, 5) is 0. The van der Waals surface area contributed by atoms with Crippen LogP contribution < -0.4 is 0 Å². The standard InChI is InChI=1S/C30H56/c1-3-5-6-7-8-10-26-11-13-27(14-12-26)15-16-28-19-23-30(24-20-28)29-21-17-25(9-4-2)18-22-29/h25-30H,3-24H2,1-2H3. The Kier molecular flexibility index (Phi) is 11.7. The van der Waals surface area contributed by atoms with Gasteiger partial charge in [0.15, 0.2) is 0 Å². The van der Waals surface area contributed by atoms with Crippen molar-refractivity contribution in [3.8, 4) is 0 Å². The Labute approximate surface area is 190 Å². The van der Waals surface area contributed by atoms with E-state index in [-0.39, 0.29) is 0 Å². The highest BCUT2D eigenvalue weighted by Gasteiger charge is 2.31. The Bertz CT molecular complexity index is 402. The van der Waals surface area contributed by atoms with Crippen LogP contribution >= 0.6 is 0 Å². The van der Waals surface area contributed by atoms with E-state index < -0.39 is 0 Å². The molecule has 0 N–H and O–H groups in total. The molecule has 0 aromatic rings. The molecule has 0 aliphatic heterocycles. The first-order valence-electron chi connectivity index (χ1n) is 14.8. The summed E-state index contributed by atoms with van der Waals surface area (Å²) in [7, 11) is 0. The lowest BCUT2D eigenvalue weighted by molar-refractivity contribution is 0.136. The summed E-state index contributed by atoms with van der Waals surface area (Å²) in [6, 6.07) is 0. The summed E-state index contributed by atoms with van der Waals surface area (Å²) >= 11 is 0. The van der Waals surface area contributed by atoms with Crippen molar-refractivity contribution in [2.75, 3.05) is 0 Å². The predicted octanol–water partition coefficient (Wildman–Crippen LogP) is 10.3. The second-order valence-corrected chi connectivity index (χ2v) is 12.0. The van der Waals surface area contributed by atoms with E-state index in [4.69, 9.17) is 0 Å². The highest BCUT2D eigenvalue weighted by Crippen LogP contribution is 2.44. The van der Waals surface area contributed by atoms with Gasteiger partial charge in [0.05, 0.1) is 0 Å². The zero-order valence-corrected chi connectivity index (χ0v) is 21.0. The molecule has 0 bridgehead atoms. The van der Waals surface area contributed by atoms with Crippen molar-refractivity contribution in [3.05, 3.63) is 0 Å². The third-order valence-electron chi connectivity index (χ3n) is 9.81. The normalized spacial score (nSPS) is 35.4. The van der Waals surface area contributed by atoms with E-state index in [1.54, 1.807) is 96.3 Å². The van der Waals surface area contributed by atoms with Crippen molar-refractivity contribution in [2.24, 2.45) is 35.5 Å². The fourth-order valence-corrected chi connectivity index (χ4v) is 7.62. The van der Waals surface area contributed by atoms with Gasteiger partial charge in [-0.05, 0) is 61.2 Å². The minimum Gasteiger partial charge on any atom is -0.0654 e. The van der Waals surface area contributed by atoms with Crippen molar-refractivity contribution < 1.29 is 0 Å². The molecule has 0 unspecified atom stereocenters. The molecule has 0 saturated heterocycles. The van der Waals surface area contributed by atoms with Crippen molar-refractivity contribution in [1.82, 2.24) is 0 Å². The van der Waals surface area contributed by atoms with Crippen LogP contribution in [-0.4, -0.2) is 0 Å². The van der Waals surface area contributed by atoms with E-state index in [0.29, 0.717) is 0 Å². The lowest BCUT2D eigenvalue weighted by Crippen LogP contribution is -2.26. The molecule has 3 rings (SSSR count). The predicted molar refractivity (Wildman–Crippen MR) is 134 cm³/mol. The van der Waals surface area contributed by atoms with E-state index in [0.717, 1.165) is 35.5 Å². The van der Waals surface area contributed by atoms with E-state index in [9.17, 15) is 0 Å². The third kappa shape index (κ3) is 8.50. The molecular formula is C30H56. The van der Waals surface area contributed by atoms with Gasteiger partial charge >= 0.3 is 0 Å². The Hall–Kier alpha value is 0. The summed E-state index contributed by atoms with van der Waals surface area (Å²) < 4.78 is 0. The Morgan fingerprint density at radius 2 is 0.767 bits per heavy atom. The molecule has 0 heterocycles. The van der Waals surface area contributed by atoms with Gasteiger partial charge in [-0.3, -0.25) is 0 Å². The molecule has 0 heteroatoms. The van der Waals surface area contributed by atoms with E-state index in [2.05, 4.69) is 13.8 Å².